The largest absolute Gasteiger partial charge is 0.497 e. The summed E-state index contributed by atoms with van der Waals surface area (Å²) in [5, 5.41) is 2.09. The van der Waals surface area contributed by atoms with Gasteiger partial charge >= 0.3 is 0 Å². The van der Waals surface area contributed by atoms with Crippen LogP contribution in [-0.4, -0.2) is 12.9 Å². The third kappa shape index (κ3) is 3.07. The summed E-state index contributed by atoms with van der Waals surface area (Å²) in [5.74, 6) is 0.817. The van der Waals surface area contributed by atoms with Gasteiger partial charge in [0, 0.05) is 5.56 Å². The monoisotopic (exact) mass is 288 g/mol. The molecule has 3 aromatic carbocycles. The normalized spacial score (nSPS) is 11.0. The van der Waals surface area contributed by atoms with Crippen molar-refractivity contribution in [2.24, 2.45) is 0 Å². The van der Waals surface area contributed by atoms with E-state index in [9.17, 15) is 4.79 Å². The first-order chi connectivity index (χ1) is 10.8. The minimum atomic E-state index is 0.00145. The second-order valence-corrected chi connectivity index (χ2v) is 5.04. The summed E-state index contributed by atoms with van der Waals surface area (Å²) in [4.78, 5) is 12.3. The molecule has 2 heteroatoms. The maximum atomic E-state index is 12.3. The van der Waals surface area contributed by atoms with Crippen molar-refractivity contribution in [2.75, 3.05) is 7.11 Å². The van der Waals surface area contributed by atoms with E-state index in [2.05, 4.69) is 0 Å². The van der Waals surface area contributed by atoms with Crippen LogP contribution in [0.4, 0.5) is 0 Å². The number of ketones is 1. The second kappa shape index (κ2) is 6.27. The van der Waals surface area contributed by atoms with E-state index in [0.29, 0.717) is 5.56 Å². The summed E-state index contributed by atoms with van der Waals surface area (Å²) in [6.07, 6.45) is 3.45. The van der Waals surface area contributed by atoms with Crippen LogP contribution < -0.4 is 4.74 Å². The van der Waals surface area contributed by atoms with Crippen molar-refractivity contribution in [1.29, 1.82) is 0 Å². The minimum Gasteiger partial charge on any atom is -0.497 e. The fourth-order valence-corrected chi connectivity index (χ4v) is 2.34. The molecule has 0 atom stereocenters. The summed E-state index contributed by atoms with van der Waals surface area (Å²) < 4.78 is 5.21. The first-order valence-electron chi connectivity index (χ1n) is 7.11. The number of fused-ring (bicyclic) bond motifs is 1. The van der Waals surface area contributed by atoms with Crippen molar-refractivity contribution >= 4 is 22.6 Å². The van der Waals surface area contributed by atoms with E-state index < -0.39 is 0 Å². The molecular weight excluding hydrogens is 272 g/mol. The fraction of sp³-hybridized carbons (Fsp3) is 0.0500. The SMILES string of the molecule is COc1ccc2cc(C(=O)C=Cc3ccccc3)ccc2c1. The lowest BCUT2D eigenvalue weighted by Gasteiger charge is -2.04. The van der Waals surface area contributed by atoms with E-state index in [-0.39, 0.29) is 5.78 Å². The molecule has 0 fully saturated rings. The molecule has 0 saturated heterocycles. The van der Waals surface area contributed by atoms with Crippen LogP contribution in [0.3, 0.4) is 0 Å². The van der Waals surface area contributed by atoms with Gasteiger partial charge in [0.05, 0.1) is 7.11 Å². The number of methoxy groups -OCH3 is 1. The van der Waals surface area contributed by atoms with Crippen molar-refractivity contribution in [3.63, 3.8) is 0 Å². The Hall–Kier alpha value is -2.87. The van der Waals surface area contributed by atoms with Gasteiger partial charge < -0.3 is 4.74 Å². The molecule has 3 aromatic rings. The zero-order chi connectivity index (χ0) is 15.4. The Labute approximate surface area is 129 Å². The van der Waals surface area contributed by atoms with Gasteiger partial charge in [-0.3, -0.25) is 4.79 Å². The Morgan fingerprint density at radius 2 is 1.64 bits per heavy atom. The Balaban J connectivity index is 1.86. The molecule has 0 amide bonds. The van der Waals surface area contributed by atoms with Crippen LogP contribution in [0.25, 0.3) is 16.8 Å². The van der Waals surface area contributed by atoms with Crippen LogP contribution in [0.5, 0.6) is 5.75 Å². The topological polar surface area (TPSA) is 26.3 Å². The molecule has 0 aromatic heterocycles. The van der Waals surface area contributed by atoms with Gasteiger partial charge in [-0.15, -0.1) is 0 Å². The molecule has 0 radical (unpaired) electrons. The number of ether oxygens (including phenoxy) is 1. The molecule has 0 unspecified atom stereocenters. The Kier molecular flexibility index (Phi) is 4.01. The average Bonchev–Trinajstić information content (AvgIpc) is 2.59. The molecule has 0 aliphatic carbocycles. The molecular formula is C20H16O2. The van der Waals surface area contributed by atoms with E-state index >= 15 is 0 Å². The molecule has 0 aliphatic heterocycles. The molecule has 0 aliphatic rings. The average molecular weight is 288 g/mol. The molecule has 3 rings (SSSR count). The van der Waals surface area contributed by atoms with Gasteiger partial charge in [0.2, 0.25) is 0 Å². The summed E-state index contributed by atoms with van der Waals surface area (Å²) in [5.41, 5.74) is 1.70. The van der Waals surface area contributed by atoms with Gasteiger partial charge in [0.1, 0.15) is 5.75 Å². The maximum absolute atomic E-state index is 12.3. The number of allylic oxidation sites excluding steroid dienone is 1. The number of carbonyl (C=O) groups excluding carboxylic acids is 1. The lowest BCUT2D eigenvalue weighted by molar-refractivity contribution is 0.104. The molecule has 0 saturated carbocycles. The summed E-state index contributed by atoms with van der Waals surface area (Å²) in [7, 11) is 1.65. The van der Waals surface area contributed by atoms with Crippen LogP contribution in [0.1, 0.15) is 15.9 Å². The molecule has 108 valence electrons. The molecule has 0 bridgehead atoms. The van der Waals surface area contributed by atoms with E-state index in [1.165, 1.54) is 0 Å². The zero-order valence-electron chi connectivity index (χ0n) is 12.3. The predicted molar refractivity (Wildman–Crippen MR) is 90.3 cm³/mol. The van der Waals surface area contributed by atoms with Gasteiger partial charge in [-0.2, -0.15) is 0 Å². The minimum absolute atomic E-state index is 0.00145. The first-order valence-corrected chi connectivity index (χ1v) is 7.11. The molecule has 0 heterocycles. The highest BCUT2D eigenvalue weighted by Crippen LogP contribution is 2.22. The third-order valence-electron chi connectivity index (χ3n) is 3.56. The number of rotatable bonds is 4. The summed E-state index contributed by atoms with van der Waals surface area (Å²) >= 11 is 0. The Morgan fingerprint density at radius 3 is 2.41 bits per heavy atom. The quantitative estimate of drug-likeness (QED) is 0.512. The predicted octanol–water partition coefficient (Wildman–Crippen LogP) is 4.74. The van der Waals surface area contributed by atoms with Crippen molar-refractivity contribution in [1.82, 2.24) is 0 Å². The first kappa shape index (κ1) is 14.1. The number of carbonyl (C=O) groups is 1. The van der Waals surface area contributed by atoms with Crippen LogP contribution in [0.15, 0.2) is 72.8 Å². The molecule has 0 spiro atoms. The lowest BCUT2D eigenvalue weighted by atomic mass is 10.0. The highest BCUT2D eigenvalue weighted by Gasteiger charge is 2.04. The highest BCUT2D eigenvalue weighted by molar-refractivity contribution is 6.08. The fourth-order valence-electron chi connectivity index (χ4n) is 2.34. The standard InChI is InChI=1S/C20H16O2/c1-22-19-11-10-16-13-18(9-8-17(16)14-19)20(21)12-7-15-5-3-2-4-6-15/h2-14H,1H3. The third-order valence-corrected chi connectivity index (χ3v) is 3.56. The van der Waals surface area contributed by atoms with Crippen LogP contribution >= 0.6 is 0 Å². The van der Waals surface area contributed by atoms with Crippen LogP contribution in [0, 0.1) is 0 Å². The van der Waals surface area contributed by atoms with Gasteiger partial charge in [-0.25, -0.2) is 0 Å². The zero-order valence-corrected chi connectivity index (χ0v) is 12.3. The van der Waals surface area contributed by atoms with Crippen molar-refractivity contribution in [2.45, 2.75) is 0 Å². The summed E-state index contributed by atoms with van der Waals surface area (Å²) in [6.45, 7) is 0. The smallest absolute Gasteiger partial charge is 0.185 e. The van der Waals surface area contributed by atoms with Gasteiger partial charge in [-0.05, 0) is 40.6 Å². The summed E-state index contributed by atoms with van der Waals surface area (Å²) in [6, 6.07) is 21.3. The number of hydrogen-bond donors (Lipinski definition) is 0. The van der Waals surface area contributed by atoms with Crippen molar-refractivity contribution in [3.05, 3.63) is 83.9 Å². The van der Waals surface area contributed by atoms with E-state index in [4.69, 9.17) is 4.74 Å². The highest BCUT2D eigenvalue weighted by atomic mass is 16.5. The van der Waals surface area contributed by atoms with Crippen molar-refractivity contribution in [3.8, 4) is 5.75 Å². The number of hydrogen-bond acceptors (Lipinski definition) is 2. The number of benzene rings is 3. The van der Waals surface area contributed by atoms with Crippen LogP contribution in [-0.2, 0) is 0 Å². The lowest BCUT2D eigenvalue weighted by Crippen LogP contribution is -1.94. The second-order valence-electron chi connectivity index (χ2n) is 5.04. The van der Waals surface area contributed by atoms with Gasteiger partial charge in [0.25, 0.3) is 0 Å². The van der Waals surface area contributed by atoms with E-state index in [0.717, 1.165) is 22.1 Å². The van der Waals surface area contributed by atoms with E-state index in [1.54, 1.807) is 13.2 Å². The molecule has 0 N–H and O–H groups in total. The van der Waals surface area contributed by atoms with Crippen molar-refractivity contribution < 1.29 is 9.53 Å². The van der Waals surface area contributed by atoms with Gasteiger partial charge in [-0.1, -0.05) is 54.6 Å². The van der Waals surface area contributed by atoms with E-state index in [1.807, 2.05) is 72.8 Å². The maximum Gasteiger partial charge on any atom is 0.185 e. The molecule has 2 nitrogen and oxygen atoms in total. The van der Waals surface area contributed by atoms with Gasteiger partial charge in [0.15, 0.2) is 5.78 Å². The van der Waals surface area contributed by atoms with Crippen LogP contribution in [0.2, 0.25) is 0 Å². The Morgan fingerprint density at radius 1 is 0.909 bits per heavy atom. The molecule has 22 heavy (non-hydrogen) atoms. The Bertz CT molecular complexity index is 833.